The maximum atomic E-state index is 5.92. The Balaban J connectivity index is 1.70. The molecule has 1 aliphatic rings. The minimum absolute atomic E-state index is 0.357. The van der Waals surface area contributed by atoms with Crippen LogP contribution in [0.1, 0.15) is 37.3 Å². The molecule has 1 aromatic rings. The van der Waals surface area contributed by atoms with Gasteiger partial charge in [0.15, 0.2) is 5.96 Å². The highest BCUT2D eigenvalue weighted by atomic mass is 16.5. The number of nitrogens with one attached hydrogen (secondary N) is 1. The lowest BCUT2D eigenvalue weighted by Gasteiger charge is -2.23. The predicted molar refractivity (Wildman–Crippen MR) is 114 cm³/mol. The smallest absolute Gasteiger partial charge is 0.193 e. The van der Waals surface area contributed by atoms with Crippen LogP contribution < -0.4 is 10.1 Å². The van der Waals surface area contributed by atoms with Crippen molar-refractivity contribution < 1.29 is 14.2 Å². The fraction of sp³-hybridized carbons (Fsp3) is 0.682. The molecule has 0 saturated carbocycles. The zero-order chi connectivity index (χ0) is 20.2. The number of aliphatic imine (C=N–C) groups is 1. The van der Waals surface area contributed by atoms with E-state index >= 15 is 0 Å². The molecular weight excluding hydrogens is 354 g/mol. The molecule has 0 atom stereocenters. The summed E-state index contributed by atoms with van der Waals surface area (Å²) >= 11 is 0. The SMILES string of the molecule is CCNC(=NCCCOC1CCOCC1)N(C)CCOc1cc(C)cc(C)c1. The number of hydrogen-bond acceptors (Lipinski definition) is 4. The highest BCUT2D eigenvalue weighted by Crippen LogP contribution is 2.16. The second-order valence-electron chi connectivity index (χ2n) is 7.37. The number of benzene rings is 1. The van der Waals surface area contributed by atoms with Crippen LogP contribution in [0, 0.1) is 13.8 Å². The average molecular weight is 392 g/mol. The van der Waals surface area contributed by atoms with Gasteiger partial charge in [0.05, 0.1) is 12.6 Å². The van der Waals surface area contributed by atoms with Crippen LogP contribution in [-0.2, 0) is 9.47 Å². The zero-order valence-corrected chi connectivity index (χ0v) is 18.0. The third kappa shape index (κ3) is 8.48. The van der Waals surface area contributed by atoms with Crippen molar-refractivity contribution in [2.75, 3.05) is 53.1 Å². The van der Waals surface area contributed by atoms with E-state index < -0.39 is 0 Å². The molecule has 0 unspecified atom stereocenters. The first-order valence-electron chi connectivity index (χ1n) is 10.5. The zero-order valence-electron chi connectivity index (χ0n) is 18.0. The Labute approximate surface area is 170 Å². The van der Waals surface area contributed by atoms with Crippen molar-refractivity contribution in [1.29, 1.82) is 0 Å². The molecule has 0 radical (unpaired) electrons. The van der Waals surface area contributed by atoms with Crippen molar-refractivity contribution in [2.45, 2.75) is 46.1 Å². The van der Waals surface area contributed by atoms with Gasteiger partial charge in [-0.05, 0) is 63.3 Å². The van der Waals surface area contributed by atoms with Gasteiger partial charge in [0.25, 0.3) is 0 Å². The van der Waals surface area contributed by atoms with E-state index in [9.17, 15) is 0 Å². The minimum Gasteiger partial charge on any atom is -0.492 e. The van der Waals surface area contributed by atoms with Crippen LogP contribution in [0.2, 0.25) is 0 Å². The van der Waals surface area contributed by atoms with Gasteiger partial charge in [0.2, 0.25) is 0 Å². The molecule has 1 N–H and O–H groups in total. The maximum Gasteiger partial charge on any atom is 0.193 e. The van der Waals surface area contributed by atoms with E-state index in [1.807, 2.05) is 7.05 Å². The van der Waals surface area contributed by atoms with E-state index in [0.29, 0.717) is 12.7 Å². The molecule has 1 aliphatic heterocycles. The Morgan fingerprint density at radius 1 is 1.18 bits per heavy atom. The predicted octanol–water partition coefficient (Wildman–Crippen LogP) is 3.17. The Bertz CT molecular complexity index is 580. The summed E-state index contributed by atoms with van der Waals surface area (Å²) in [4.78, 5) is 6.84. The van der Waals surface area contributed by atoms with Gasteiger partial charge >= 0.3 is 0 Å². The first-order chi connectivity index (χ1) is 13.6. The topological polar surface area (TPSA) is 55.3 Å². The normalized spacial score (nSPS) is 15.5. The van der Waals surface area contributed by atoms with Crippen molar-refractivity contribution in [1.82, 2.24) is 10.2 Å². The van der Waals surface area contributed by atoms with Gasteiger partial charge in [0.1, 0.15) is 12.4 Å². The highest BCUT2D eigenvalue weighted by molar-refractivity contribution is 5.79. The molecule has 0 spiro atoms. The molecular formula is C22H37N3O3. The second kappa shape index (κ2) is 12.6. The summed E-state index contributed by atoms with van der Waals surface area (Å²) in [6, 6.07) is 6.30. The molecule has 6 nitrogen and oxygen atoms in total. The summed E-state index contributed by atoms with van der Waals surface area (Å²) in [7, 11) is 2.05. The number of nitrogens with zero attached hydrogens (tertiary/aromatic N) is 2. The fourth-order valence-corrected chi connectivity index (χ4v) is 3.23. The van der Waals surface area contributed by atoms with E-state index in [-0.39, 0.29) is 0 Å². The average Bonchev–Trinajstić information content (AvgIpc) is 2.67. The third-order valence-electron chi connectivity index (χ3n) is 4.67. The van der Waals surface area contributed by atoms with Crippen molar-refractivity contribution in [3.05, 3.63) is 29.3 Å². The first kappa shape index (κ1) is 22.5. The van der Waals surface area contributed by atoms with Gasteiger partial charge in [-0.2, -0.15) is 0 Å². The molecule has 1 aromatic carbocycles. The number of guanidine groups is 1. The molecule has 158 valence electrons. The molecule has 6 heteroatoms. The highest BCUT2D eigenvalue weighted by Gasteiger charge is 2.13. The standard InChI is InChI=1S/C22H37N3O3/c1-5-23-22(24-9-6-11-27-20-7-12-26-13-8-20)25(4)10-14-28-21-16-18(2)15-19(3)17-21/h15-17,20H,5-14H2,1-4H3,(H,23,24). The number of rotatable bonds is 10. The molecule has 0 bridgehead atoms. The minimum atomic E-state index is 0.357. The van der Waals surface area contributed by atoms with Crippen LogP contribution in [-0.4, -0.2) is 70.1 Å². The molecule has 0 amide bonds. The summed E-state index contributed by atoms with van der Waals surface area (Å²) in [5.41, 5.74) is 2.45. The van der Waals surface area contributed by atoms with Gasteiger partial charge in [0, 0.05) is 40.0 Å². The summed E-state index contributed by atoms with van der Waals surface area (Å²) in [6.45, 7) is 11.7. The fourth-order valence-electron chi connectivity index (χ4n) is 3.23. The maximum absolute atomic E-state index is 5.92. The van der Waals surface area contributed by atoms with Crippen LogP contribution in [0.3, 0.4) is 0 Å². The quantitative estimate of drug-likeness (QED) is 0.377. The first-order valence-corrected chi connectivity index (χ1v) is 10.5. The molecule has 0 aromatic heterocycles. The molecule has 1 heterocycles. The monoisotopic (exact) mass is 391 g/mol. The number of aryl methyl sites for hydroxylation is 2. The molecule has 1 fully saturated rings. The van der Waals surface area contributed by atoms with Gasteiger partial charge in [-0.15, -0.1) is 0 Å². The Kier molecular flexibility index (Phi) is 10.1. The van der Waals surface area contributed by atoms with Crippen molar-refractivity contribution in [3.8, 4) is 5.75 Å². The van der Waals surface area contributed by atoms with Crippen LogP contribution >= 0.6 is 0 Å². The number of hydrogen-bond donors (Lipinski definition) is 1. The lowest BCUT2D eigenvalue weighted by molar-refractivity contribution is -0.0318. The van der Waals surface area contributed by atoms with Crippen molar-refractivity contribution in [3.63, 3.8) is 0 Å². The third-order valence-corrected chi connectivity index (χ3v) is 4.67. The van der Waals surface area contributed by atoms with Crippen LogP contribution in [0.25, 0.3) is 0 Å². The van der Waals surface area contributed by atoms with Crippen LogP contribution in [0.5, 0.6) is 5.75 Å². The molecule has 2 rings (SSSR count). The van der Waals surface area contributed by atoms with E-state index in [2.05, 4.69) is 49.2 Å². The van der Waals surface area contributed by atoms with E-state index in [4.69, 9.17) is 19.2 Å². The van der Waals surface area contributed by atoms with Gasteiger partial charge in [-0.3, -0.25) is 4.99 Å². The lowest BCUT2D eigenvalue weighted by atomic mass is 10.1. The summed E-state index contributed by atoms with van der Waals surface area (Å²) in [5, 5.41) is 3.35. The van der Waals surface area contributed by atoms with E-state index in [1.165, 1.54) is 11.1 Å². The van der Waals surface area contributed by atoms with Gasteiger partial charge < -0.3 is 24.4 Å². The molecule has 1 saturated heterocycles. The lowest BCUT2D eigenvalue weighted by Crippen LogP contribution is -2.41. The van der Waals surface area contributed by atoms with Gasteiger partial charge in [-0.25, -0.2) is 0 Å². The van der Waals surface area contributed by atoms with Crippen molar-refractivity contribution >= 4 is 5.96 Å². The van der Waals surface area contributed by atoms with Crippen LogP contribution in [0.4, 0.5) is 0 Å². The van der Waals surface area contributed by atoms with Crippen LogP contribution in [0.15, 0.2) is 23.2 Å². The molecule has 0 aliphatic carbocycles. The van der Waals surface area contributed by atoms with Gasteiger partial charge in [-0.1, -0.05) is 6.07 Å². The Morgan fingerprint density at radius 2 is 1.89 bits per heavy atom. The van der Waals surface area contributed by atoms with Crippen molar-refractivity contribution in [2.24, 2.45) is 4.99 Å². The van der Waals surface area contributed by atoms with E-state index in [0.717, 1.165) is 70.4 Å². The summed E-state index contributed by atoms with van der Waals surface area (Å²) < 4.78 is 17.2. The largest absolute Gasteiger partial charge is 0.492 e. The molecule has 28 heavy (non-hydrogen) atoms. The Hall–Kier alpha value is -1.79. The number of ether oxygens (including phenoxy) is 3. The van der Waals surface area contributed by atoms with E-state index in [1.54, 1.807) is 0 Å². The number of likely N-dealkylation sites (N-methyl/N-ethyl adjacent to an activating group) is 1. The second-order valence-corrected chi connectivity index (χ2v) is 7.37. The summed E-state index contributed by atoms with van der Waals surface area (Å²) in [6.07, 6.45) is 3.31. The summed E-state index contributed by atoms with van der Waals surface area (Å²) in [5.74, 6) is 1.84. The Morgan fingerprint density at radius 3 is 2.57 bits per heavy atom.